The summed E-state index contributed by atoms with van der Waals surface area (Å²) in [7, 11) is 1.51. The summed E-state index contributed by atoms with van der Waals surface area (Å²) in [6, 6.07) is 13.1. The van der Waals surface area contributed by atoms with E-state index in [9.17, 15) is 15.4 Å². The van der Waals surface area contributed by atoms with Crippen LogP contribution in [0.15, 0.2) is 42.5 Å². The van der Waals surface area contributed by atoms with Crippen LogP contribution in [0.2, 0.25) is 5.02 Å². The number of allylic oxidation sites excluding steroid dienone is 1. The molecule has 2 aromatic rings. The average molecular weight is 315 g/mol. The molecule has 0 radical (unpaired) electrons. The van der Waals surface area contributed by atoms with Crippen molar-refractivity contribution < 1.29 is 9.66 Å². The second-order valence-corrected chi connectivity index (χ2v) is 4.78. The van der Waals surface area contributed by atoms with Gasteiger partial charge in [0.1, 0.15) is 5.75 Å². The fraction of sp³-hybridized carbons (Fsp3) is 0.0625. The standard InChI is InChI=1S/C16H11ClN2O3/c1-22-16-6-5-11(8-15(16)17)7-13(10-18)12-3-2-4-14(9-12)19(20)21/h2-9H,1H3. The molecular weight excluding hydrogens is 304 g/mol. The van der Waals surface area contributed by atoms with E-state index in [1.165, 1.54) is 19.2 Å². The lowest BCUT2D eigenvalue weighted by Crippen LogP contribution is -1.90. The van der Waals surface area contributed by atoms with Crippen LogP contribution in [0.4, 0.5) is 5.69 Å². The van der Waals surface area contributed by atoms with Crippen molar-refractivity contribution in [1.29, 1.82) is 5.26 Å². The zero-order chi connectivity index (χ0) is 16.1. The third-order valence-corrected chi connectivity index (χ3v) is 3.27. The number of hydrogen-bond donors (Lipinski definition) is 0. The van der Waals surface area contributed by atoms with Gasteiger partial charge in [0.15, 0.2) is 0 Å². The summed E-state index contributed by atoms with van der Waals surface area (Å²) in [5, 5.41) is 20.5. The van der Waals surface area contributed by atoms with Crippen LogP contribution in [0.5, 0.6) is 5.75 Å². The third-order valence-electron chi connectivity index (χ3n) is 2.98. The van der Waals surface area contributed by atoms with Crippen molar-refractivity contribution in [3.05, 3.63) is 68.7 Å². The molecule has 0 amide bonds. The van der Waals surface area contributed by atoms with Gasteiger partial charge in [-0.15, -0.1) is 0 Å². The van der Waals surface area contributed by atoms with Crippen LogP contribution in [0.25, 0.3) is 11.6 Å². The van der Waals surface area contributed by atoms with Gasteiger partial charge in [-0.05, 0) is 29.3 Å². The van der Waals surface area contributed by atoms with E-state index in [2.05, 4.69) is 0 Å². The number of non-ortho nitro benzene ring substituents is 1. The Hall–Kier alpha value is -2.84. The van der Waals surface area contributed by atoms with Crippen molar-refractivity contribution >= 4 is 28.9 Å². The van der Waals surface area contributed by atoms with E-state index in [0.29, 0.717) is 27.5 Å². The Labute approximate surface area is 132 Å². The Morgan fingerprint density at radius 2 is 2.14 bits per heavy atom. The molecule has 0 aliphatic heterocycles. The minimum atomic E-state index is -0.497. The molecule has 22 heavy (non-hydrogen) atoms. The molecule has 5 nitrogen and oxygen atoms in total. The monoisotopic (exact) mass is 314 g/mol. The Morgan fingerprint density at radius 3 is 2.73 bits per heavy atom. The molecule has 0 unspecified atom stereocenters. The summed E-state index contributed by atoms with van der Waals surface area (Å²) < 4.78 is 5.07. The van der Waals surface area contributed by atoms with Crippen LogP contribution < -0.4 is 4.74 Å². The van der Waals surface area contributed by atoms with Gasteiger partial charge in [-0.1, -0.05) is 29.8 Å². The quantitative estimate of drug-likeness (QED) is 0.364. The first-order valence-corrected chi connectivity index (χ1v) is 6.63. The lowest BCUT2D eigenvalue weighted by molar-refractivity contribution is -0.384. The van der Waals surface area contributed by atoms with Gasteiger partial charge < -0.3 is 4.74 Å². The molecule has 0 aliphatic carbocycles. The fourth-order valence-electron chi connectivity index (χ4n) is 1.91. The number of methoxy groups -OCH3 is 1. The number of nitro groups is 1. The number of nitrogens with zero attached hydrogens (tertiary/aromatic N) is 2. The number of nitro benzene ring substituents is 1. The van der Waals surface area contributed by atoms with Crippen LogP contribution in [0.3, 0.4) is 0 Å². The summed E-state index contributed by atoms with van der Waals surface area (Å²) in [6.45, 7) is 0. The molecule has 0 aromatic heterocycles. The average Bonchev–Trinajstić information content (AvgIpc) is 2.52. The maximum absolute atomic E-state index is 10.8. The van der Waals surface area contributed by atoms with E-state index in [-0.39, 0.29) is 5.69 Å². The molecule has 0 N–H and O–H groups in total. The van der Waals surface area contributed by atoms with Gasteiger partial charge in [-0.25, -0.2) is 0 Å². The molecule has 0 aliphatic rings. The molecule has 0 saturated carbocycles. The highest BCUT2D eigenvalue weighted by molar-refractivity contribution is 6.32. The van der Waals surface area contributed by atoms with Gasteiger partial charge in [0.05, 0.1) is 28.7 Å². The molecule has 0 atom stereocenters. The first-order chi connectivity index (χ1) is 10.5. The van der Waals surface area contributed by atoms with Gasteiger partial charge in [-0.3, -0.25) is 10.1 Å². The minimum Gasteiger partial charge on any atom is -0.495 e. The first kappa shape index (κ1) is 15.5. The Bertz CT molecular complexity index is 794. The van der Waals surface area contributed by atoms with Crippen LogP contribution in [-0.4, -0.2) is 12.0 Å². The molecule has 0 spiro atoms. The molecule has 0 bridgehead atoms. The number of ether oxygens (including phenoxy) is 1. The number of hydrogen-bond acceptors (Lipinski definition) is 4. The van der Waals surface area contributed by atoms with E-state index in [4.69, 9.17) is 16.3 Å². The normalized spacial score (nSPS) is 10.9. The fourth-order valence-corrected chi connectivity index (χ4v) is 2.17. The van der Waals surface area contributed by atoms with Crippen LogP contribution in [-0.2, 0) is 0 Å². The van der Waals surface area contributed by atoms with Gasteiger partial charge in [-0.2, -0.15) is 5.26 Å². The zero-order valence-electron chi connectivity index (χ0n) is 11.6. The smallest absolute Gasteiger partial charge is 0.270 e. The van der Waals surface area contributed by atoms with E-state index < -0.39 is 4.92 Å². The molecule has 0 saturated heterocycles. The number of benzene rings is 2. The summed E-state index contributed by atoms with van der Waals surface area (Å²) in [6.07, 6.45) is 1.62. The number of nitriles is 1. The molecule has 0 heterocycles. The van der Waals surface area contributed by atoms with Crippen molar-refractivity contribution in [2.75, 3.05) is 7.11 Å². The van der Waals surface area contributed by atoms with Crippen LogP contribution in [0, 0.1) is 21.4 Å². The van der Waals surface area contributed by atoms with Gasteiger partial charge in [0.2, 0.25) is 0 Å². The van der Waals surface area contributed by atoms with E-state index in [0.717, 1.165) is 0 Å². The van der Waals surface area contributed by atoms with Crippen molar-refractivity contribution in [3.63, 3.8) is 0 Å². The largest absolute Gasteiger partial charge is 0.495 e. The van der Waals surface area contributed by atoms with Crippen molar-refractivity contribution in [3.8, 4) is 11.8 Å². The maximum Gasteiger partial charge on any atom is 0.270 e. The van der Waals surface area contributed by atoms with Crippen LogP contribution >= 0.6 is 11.6 Å². The SMILES string of the molecule is COc1ccc(C=C(C#N)c2cccc([N+](=O)[O-])c2)cc1Cl. The van der Waals surface area contributed by atoms with Crippen molar-refractivity contribution in [1.82, 2.24) is 0 Å². The lowest BCUT2D eigenvalue weighted by Gasteiger charge is -2.04. The van der Waals surface area contributed by atoms with Crippen molar-refractivity contribution in [2.45, 2.75) is 0 Å². The third kappa shape index (κ3) is 3.43. The predicted octanol–water partition coefficient (Wildman–Crippen LogP) is 4.32. The minimum absolute atomic E-state index is 0.0635. The summed E-state index contributed by atoms with van der Waals surface area (Å²) in [4.78, 5) is 10.3. The summed E-state index contributed by atoms with van der Waals surface area (Å²) >= 11 is 6.04. The first-order valence-electron chi connectivity index (χ1n) is 6.25. The summed E-state index contributed by atoms with van der Waals surface area (Å²) in [5.41, 5.74) is 1.42. The molecule has 6 heteroatoms. The lowest BCUT2D eigenvalue weighted by atomic mass is 10.0. The second-order valence-electron chi connectivity index (χ2n) is 4.37. The number of halogens is 1. The topological polar surface area (TPSA) is 76.2 Å². The Balaban J connectivity index is 2.44. The van der Waals surface area contributed by atoms with Crippen LogP contribution in [0.1, 0.15) is 11.1 Å². The second kappa shape index (κ2) is 6.74. The van der Waals surface area contributed by atoms with Crippen molar-refractivity contribution in [2.24, 2.45) is 0 Å². The molecule has 0 fully saturated rings. The molecule has 2 aromatic carbocycles. The molecular formula is C16H11ClN2O3. The van der Waals surface area contributed by atoms with Gasteiger partial charge in [0, 0.05) is 12.1 Å². The Kier molecular flexibility index (Phi) is 4.77. The summed E-state index contributed by atoms with van der Waals surface area (Å²) in [5.74, 6) is 0.535. The van der Waals surface area contributed by atoms with E-state index in [1.54, 1.807) is 36.4 Å². The maximum atomic E-state index is 10.8. The zero-order valence-corrected chi connectivity index (χ0v) is 12.4. The highest BCUT2D eigenvalue weighted by Crippen LogP contribution is 2.27. The van der Waals surface area contributed by atoms with E-state index in [1.807, 2.05) is 6.07 Å². The van der Waals surface area contributed by atoms with Gasteiger partial charge >= 0.3 is 0 Å². The predicted molar refractivity (Wildman–Crippen MR) is 84.6 cm³/mol. The van der Waals surface area contributed by atoms with E-state index >= 15 is 0 Å². The molecule has 110 valence electrons. The molecule has 2 rings (SSSR count). The number of rotatable bonds is 4. The highest BCUT2D eigenvalue weighted by Gasteiger charge is 2.09. The Morgan fingerprint density at radius 1 is 1.36 bits per heavy atom. The highest BCUT2D eigenvalue weighted by atomic mass is 35.5. The van der Waals surface area contributed by atoms with Gasteiger partial charge in [0.25, 0.3) is 5.69 Å².